The van der Waals surface area contributed by atoms with E-state index in [1.807, 2.05) is 32.0 Å². The Balaban J connectivity index is 1.77. The van der Waals surface area contributed by atoms with Gasteiger partial charge < -0.3 is 14.2 Å². The second-order valence-corrected chi connectivity index (χ2v) is 7.97. The summed E-state index contributed by atoms with van der Waals surface area (Å²) in [4.78, 5) is 14.4. The summed E-state index contributed by atoms with van der Waals surface area (Å²) in [5.74, 6) is -0.300. The highest BCUT2D eigenvalue weighted by molar-refractivity contribution is 6.30. The fourth-order valence-corrected chi connectivity index (χ4v) is 3.81. The topological polar surface area (TPSA) is 58.3 Å². The Morgan fingerprint density at radius 2 is 2.10 bits per heavy atom. The van der Waals surface area contributed by atoms with Crippen LogP contribution in [0.15, 0.2) is 35.9 Å². The van der Waals surface area contributed by atoms with Crippen LogP contribution in [0, 0.1) is 25.2 Å². The molecule has 3 rings (SSSR count). The largest absolute Gasteiger partial charge is 0.376 e. The lowest BCUT2D eigenvalue weighted by molar-refractivity contribution is -0.125. The van der Waals surface area contributed by atoms with Gasteiger partial charge in [-0.3, -0.25) is 4.79 Å². The summed E-state index contributed by atoms with van der Waals surface area (Å²) in [7, 11) is 1.70. The molecule has 0 radical (unpaired) electrons. The first-order chi connectivity index (χ1) is 13.9. The number of rotatable bonds is 6. The summed E-state index contributed by atoms with van der Waals surface area (Å²) in [6, 6.07) is 11.4. The van der Waals surface area contributed by atoms with Gasteiger partial charge in [-0.05, 0) is 62.1 Å². The van der Waals surface area contributed by atoms with Crippen LogP contribution in [0.2, 0.25) is 5.02 Å². The fraction of sp³-hybridized carbons (Fsp3) is 0.391. The predicted molar refractivity (Wildman–Crippen MR) is 114 cm³/mol. The van der Waals surface area contributed by atoms with Crippen LogP contribution >= 0.6 is 11.6 Å². The number of hydrogen-bond acceptors (Lipinski definition) is 3. The van der Waals surface area contributed by atoms with Crippen LogP contribution in [0.3, 0.4) is 0 Å². The predicted octanol–water partition coefficient (Wildman–Crippen LogP) is 4.50. The number of halogens is 1. The Kier molecular flexibility index (Phi) is 6.79. The Morgan fingerprint density at radius 3 is 2.72 bits per heavy atom. The van der Waals surface area contributed by atoms with E-state index in [1.54, 1.807) is 30.2 Å². The van der Waals surface area contributed by atoms with Gasteiger partial charge in [0.1, 0.15) is 11.6 Å². The van der Waals surface area contributed by atoms with Crippen LogP contribution in [0.1, 0.15) is 35.4 Å². The van der Waals surface area contributed by atoms with Gasteiger partial charge in [0.15, 0.2) is 0 Å². The minimum atomic E-state index is -0.300. The highest BCUT2D eigenvalue weighted by Gasteiger charge is 2.20. The molecule has 29 heavy (non-hydrogen) atoms. The lowest BCUT2D eigenvalue weighted by Gasteiger charge is -2.17. The van der Waals surface area contributed by atoms with Gasteiger partial charge in [0.2, 0.25) is 0 Å². The molecule has 0 bridgehead atoms. The van der Waals surface area contributed by atoms with Gasteiger partial charge in [-0.2, -0.15) is 5.26 Å². The zero-order valence-electron chi connectivity index (χ0n) is 17.1. The monoisotopic (exact) mass is 411 g/mol. The Hall–Kier alpha value is -2.55. The van der Waals surface area contributed by atoms with Crippen molar-refractivity contribution < 1.29 is 9.53 Å². The normalized spacial score (nSPS) is 16.7. The smallest absolute Gasteiger partial charge is 0.264 e. The molecule has 1 aromatic heterocycles. The maximum Gasteiger partial charge on any atom is 0.264 e. The van der Waals surface area contributed by atoms with Crippen molar-refractivity contribution in [3.8, 4) is 6.07 Å². The van der Waals surface area contributed by atoms with Crippen molar-refractivity contribution >= 4 is 23.6 Å². The molecule has 0 aliphatic carbocycles. The number of amides is 1. The second kappa shape index (κ2) is 9.30. The van der Waals surface area contributed by atoms with Gasteiger partial charge in [-0.15, -0.1) is 0 Å². The zero-order chi connectivity index (χ0) is 21.0. The highest BCUT2D eigenvalue weighted by atomic mass is 35.5. The second-order valence-electron chi connectivity index (χ2n) is 7.53. The molecule has 1 aliphatic heterocycles. The van der Waals surface area contributed by atoms with E-state index in [9.17, 15) is 10.1 Å². The van der Waals surface area contributed by atoms with Crippen molar-refractivity contribution in [1.29, 1.82) is 5.26 Å². The van der Waals surface area contributed by atoms with E-state index in [0.717, 1.165) is 48.5 Å². The Bertz CT molecular complexity index is 948. The summed E-state index contributed by atoms with van der Waals surface area (Å²) in [5, 5.41) is 10.2. The number of nitrogens with zero attached hydrogens (tertiary/aromatic N) is 3. The van der Waals surface area contributed by atoms with Crippen molar-refractivity contribution in [2.24, 2.45) is 0 Å². The van der Waals surface area contributed by atoms with E-state index in [-0.39, 0.29) is 17.6 Å². The summed E-state index contributed by atoms with van der Waals surface area (Å²) in [5.41, 5.74) is 4.11. The maximum atomic E-state index is 12.8. The first-order valence-electron chi connectivity index (χ1n) is 9.79. The van der Waals surface area contributed by atoms with Gasteiger partial charge in [0.05, 0.1) is 6.10 Å². The van der Waals surface area contributed by atoms with Gasteiger partial charge >= 0.3 is 0 Å². The molecule has 0 N–H and O–H groups in total. The molecule has 5 nitrogen and oxygen atoms in total. The quantitative estimate of drug-likeness (QED) is 0.519. The molecule has 0 spiro atoms. The minimum absolute atomic E-state index is 0.124. The van der Waals surface area contributed by atoms with Crippen molar-refractivity contribution in [3.05, 3.63) is 63.4 Å². The van der Waals surface area contributed by atoms with Crippen LogP contribution in [-0.2, 0) is 22.6 Å². The highest BCUT2D eigenvalue weighted by Crippen LogP contribution is 2.22. The van der Waals surface area contributed by atoms with Crippen molar-refractivity contribution in [2.45, 2.75) is 45.9 Å². The van der Waals surface area contributed by atoms with E-state index < -0.39 is 0 Å². The zero-order valence-corrected chi connectivity index (χ0v) is 17.9. The molecule has 1 fully saturated rings. The number of carbonyl (C=O) groups excluding carboxylic acids is 1. The summed E-state index contributed by atoms with van der Waals surface area (Å²) in [6.07, 6.45) is 4.10. The van der Waals surface area contributed by atoms with Crippen LogP contribution in [0.5, 0.6) is 0 Å². The summed E-state index contributed by atoms with van der Waals surface area (Å²) in [6.45, 7) is 6.10. The number of ether oxygens (including phenoxy) is 1. The third-order valence-corrected chi connectivity index (χ3v) is 5.61. The van der Waals surface area contributed by atoms with Crippen molar-refractivity contribution in [1.82, 2.24) is 9.47 Å². The standard InChI is InChI=1S/C23H26ClN3O2/c1-16-11-19(17(2)27(16)15-22-5-4-10-29-22)12-20(13-25)23(28)26(3)14-18-6-8-21(24)9-7-18/h6-9,11-12,22H,4-5,10,14-15H2,1-3H3/b20-12+. The molecule has 1 aliphatic rings. The van der Waals surface area contributed by atoms with E-state index in [0.29, 0.717) is 11.6 Å². The van der Waals surface area contributed by atoms with Crippen LogP contribution in [0.25, 0.3) is 6.08 Å². The molecule has 0 saturated carbocycles. The average molecular weight is 412 g/mol. The van der Waals surface area contributed by atoms with Gasteiger partial charge in [-0.1, -0.05) is 23.7 Å². The third kappa shape index (κ3) is 5.09. The summed E-state index contributed by atoms with van der Waals surface area (Å²) >= 11 is 5.91. The summed E-state index contributed by atoms with van der Waals surface area (Å²) < 4.78 is 7.96. The number of hydrogen-bond donors (Lipinski definition) is 0. The lowest BCUT2D eigenvalue weighted by Crippen LogP contribution is -2.27. The Labute approximate surface area is 177 Å². The van der Waals surface area contributed by atoms with Crippen LogP contribution < -0.4 is 0 Å². The van der Waals surface area contributed by atoms with E-state index in [4.69, 9.17) is 16.3 Å². The number of aromatic nitrogens is 1. The molecular weight excluding hydrogens is 386 g/mol. The molecule has 1 amide bonds. The fourth-order valence-electron chi connectivity index (χ4n) is 3.69. The van der Waals surface area contributed by atoms with E-state index >= 15 is 0 Å². The molecule has 2 aromatic rings. The maximum absolute atomic E-state index is 12.8. The lowest BCUT2D eigenvalue weighted by atomic mass is 10.1. The van der Waals surface area contributed by atoms with Crippen molar-refractivity contribution in [2.75, 3.05) is 13.7 Å². The van der Waals surface area contributed by atoms with E-state index in [1.165, 1.54) is 0 Å². The molecule has 2 heterocycles. The molecule has 1 aromatic carbocycles. The molecule has 1 atom stereocenters. The molecular formula is C23H26ClN3O2. The number of likely N-dealkylation sites (N-methyl/N-ethyl adjacent to an activating group) is 1. The number of benzene rings is 1. The van der Waals surface area contributed by atoms with Crippen molar-refractivity contribution in [3.63, 3.8) is 0 Å². The van der Waals surface area contributed by atoms with Gasteiger partial charge in [0, 0.05) is 43.2 Å². The average Bonchev–Trinajstić information content (AvgIpc) is 3.31. The third-order valence-electron chi connectivity index (χ3n) is 5.35. The van der Waals surface area contributed by atoms with Crippen LogP contribution in [-0.4, -0.2) is 35.1 Å². The molecule has 1 saturated heterocycles. The minimum Gasteiger partial charge on any atom is -0.376 e. The Morgan fingerprint density at radius 1 is 1.38 bits per heavy atom. The number of carbonyl (C=O) groups is 1. The molecule has 1 unspecified atom stereocenters. The number of nitriles is 1. The first-order valence-corrected chi connectivity index (χ1v) is 10.2. The van der Waals surface area contributed by atoms with Crippen LogP contribution in [0.4, 0.5) is 0 Å². The van der Waals surface area contributed by atoms with Gasteiger partial charge in [0.25, 0.3) is 5.91 Å². The first kappa shape index (κ1) is 21.2. The number of aryl methyl sites for hydroxylation is 1. The van der Waals surface area contributed by atoms with E-state index in [2.05, 4.69) is 10.6 Å². The SMILES string of the molecule is Cc1cc(/C=C(\C#N)C(=O)N(C)Cc2ccc(Cl)cc2)c(C)n1CC1CCCO1. The molecule has 6 heteroatoms. The molecule has 152 valence electrons. The van der Waals surface area contributed by atoms with Gasteiger partial charge in [-0.25, -0.2) is 0 Å².